The molecule has 3 rings (SSSR count). The van der Waals surface area contributed by atoms with Crippen molar-refractivity contribution in [3.05, 3.63) is 53.7 Å². The average molecular weight is 366 g/mol. The molecule has 1 amide bonds. The topological polar surface area (TPSA) is 62.7 Å². The molecule has 26 heavy (non-hydrogen) atoms. The number of rotatable bonds is 3. The number of carbonyl (C=O) groups excluding carboxylic acids is 1. The van der Waals surface area contributed by atoms with E-state index in [-0.39, 0.29) is 17.9 Å². The van der Waals surface area contributed by atoms with Crippen molar-refractivity contribution in [2.45, 2.75) is 25.1 Å². The van der Waals surface area contributed by atoms with Gasteiger partial charge in [0.05, 0.1) is 11.7 Å². The third-order valence-corrected chi connectivity index (χ3v) is 4.14. The minimum Gasteiger partial charge on any atom is -0.439 e. The van der Waals surface area contributed by atoms with E-state index < -0.39 is 11.7 Å². The van der Waals surface area contributed by atoms with Crippen LogP contribution in [-0.4, -0.2) is 40.1 Å². The lowest BCUT2D eigenvalue weighted by Crippen LogP contribution is -2.40. The quantitative estimate of drug-likeness (QED) is 0.903. The van der Waals surface area contributed by atoms with Crippen LogP contribution in [0.15, 0.2) is 42.6 Å². The van der Waals surface area contributed by atoms with Crippen LogP contribution in [0.1, 0.15) is 28.8 Å². The summed E-state index contributed by atoms with van der Waals surface area (Å²) in [6, 6.07) is 8.34. The molecule has 2 aromatic rings. The van der Waals surface area contributed by atoms with Crippen LogP contribution in [0.3, 0.4) is 0 Å². The van der Waals surface area contributed by atoms with Crippen LogP contribution in [0.2, 0.25) is 0 Å². The number of amides is 1. The Labute approximate surface area is 148 Å². The summed E-state index contributed by atoms with van der Waals surface area (Å²) in [5.74, 6) is 0.265. The summed E-state index contributed by atoms with van der Waals surface area (Å²) >= 11 is 0. The molecule has 2 heterocycles. The highest BCUT2D eigenvalue weighted by molar-refractivity contribution is 5.94. The fourth-order valence-corrected chi connectivity index (χ4v) is 2.65. The van der Waals surface area contributed by atoms with Crippen molar-refractivity contribution in [3.8, 4) is 11.6 Å². The summed E-state index contributed by atoms with van der Waals surface area (Å²) in [6.07, 6.45) is -2.97. The number of benzene rings is 1. The fraction of sp³-hybridized carbons (Fsp3) is 0.333. The van der Waals surface area contributed by atoms with E-state index in [1.54, 1.807) is 29.2 Å². The van der Waals surface area contributed by atoms with Gasteiger partial charge in [0.1, 0.15) is 5.75 Å². The molecule has 8 heteroatoms. The highest BCUT2D eigenvalue weighted by atomic mass is 19.4. The maximum absolute atomic E-state index is 12.5. The van der Waals surface area contributed by atoms with Crippen molar-refractivity contribution >= 4 is 5.91 Å². The van der Waals surface area contributed by atoms with Crippen LogP contribution in [-0.2, 0) is 6.18 Å². The Morgan fingerprint density at radius 3 is 2.31 bits per heavy atom. The van der Waals surface area contributed by atoms with Gasteiger partial charge in [-0.25, -0.2) is 4.98 Å². The van der Waals surface area contributed by atoms with Gasteiger partial charge in [0.2, 0.25) is 5.88 Å². The maximum Gasteiger partial charge on any atom is 0.417 e. The smallest absolute Gasteiger partial charge is 0.417 e. The van der Waals surface area contributed by atoms with E-state index in [0.29, 0.717) is 43.4 Å². The summed E-state index contributed by atoms with van der Waals surface area (Å²) in [5, 5.41) is 9.49. The van der Waals surface area contributed by atoms with Crippen molar-refractivity contribution in [2.75, 3.05) is 13.1 Å². The summed E-state index contributed by atoms with van der Waals surface area (Å²) in [4.78, 5) is 17.7. The van der Waals surface area contributed by atoms with E-state index in [0.717, 1.165) is 12.1 Å². The number of piperidine rings is 1. The predicted octanol–water partition coefficient (Wildman–Crippen LogP) is 3.49. The normalized spacial score (nSPS) is 15.8. The van der Waals surface area contributed by atoms with Crippen LogP contribution in [0.5, 0.6) is 11.6 Å². The average Bonchev–Trinajstić information content (AvgIpc) is 2.62. The minimum absolute atomic E-state index is 0.0297. The number of carbonyl (C=O) groups is 1. The van der Waals surface area contributed by atoms with Gasteiger partial charge < -0.3 is 14.7 Å². The van der Waals surface area contributed by atoms with Crippen LogP contribution in [0.4, 0.5) is 13.2 Å². The molecule has 1 N–H and O–H groups in total. The Balaban J connectivity index is 1.63. The predicted molar refractivity (Wildman–Crippen MR) is 86.9 cm³/mol. The van der Waals surface area contributed by atoms with Gasteiger partial charge in [0.25, 0.3) is 5.91 Å². The number of alkyl halides is 3. The Hall–Kier alpha value is -2.61. The molecule has 1 saturated heterocycles. The first kappa shape index (κ1) is 18.2. The Morgan fingerprint density at radius 2 is 1.77 bits per heavy atom. The number of aliphatic hydroxyl groups excluding tert-OH is 1. The molecule has 1 aliphatic rings. The molecule has 0 aliphatic carbocycles. The number of hydrogen-bond donors (Lipinski definition) is 1. The number of halogens is 3. The first-order valence-corrected chi connectivity index (χ1v) is 8.11. The third kappa shape index (κ3) is 4.32. The molecule has 5 nitrogen and oxygen atoms in total. The second kappa shape index (κ2) is 7.33. The second-order valence-corrected chi connectivity index (χ2v) is 6.03. The van der Waals surface area contributed by atoms with Crippen LogP contribution in [0, 0.1) is 0 Å². The highest BCUT2D eigenvalue weighted by Crippen LogP contribution is 2.30. The molecule has 0 radical (unpaired) electrons. The van der Waals surface area contributed by atoms with Crippen molar-refractivity contribution in [3.63, 3.8) is 0 Å². The second-order valence-electron chi connectivity index (χ2n) is 6.03. The Morgan fingerprint density at radius 1 is 1.12 bits per heavy atom. The maximum atomic E-state index is 12.5. The Bertz CT molecular complexity index is 753. The zero-order chi connectivity index (χ0) is 18.7. The van der Waals surface area contributed by atoms with Gasteiger partial charge in [0, 0.05) is 30.9 Å². The molecule has 1 aliphatic heterocycles. The standard InChI is InChI=1S/C18H17F3N2O3/c19-18(20,21)13-3-6-16(22-11-13)26-15-4-1-12(2-5-15)17(25)23-9-7-14(24)8-10-23/h1-6,11,14,24H,7-10H2. The van der Waals surface area contributed by atoms with E-state index in [1.165, 1.54) is 0 Å². The Kier molecular flexibility index (Phi) is 5.13. The van der Waals surface area contributed by atoms with Gasteiger partial charge in [-0.3, -0.25) is 4.79 Å². The first-order chi connectivity index (χ1) is 12.3. The number of nitrogens with zero attached hydrogens (tertiary/aromatic N) is 2. The van der Waals surface area contributed by atoms with Crippen LogP contribution >= 0.6 is 0 Å². The van der Waals surface area contributed by atoms with E-state index >= 15 is 0 Å². The number of aliphatic hydroxyl groups is 1. The fourth-order valence-electron chi connectivity index (χ4n) is 2.65. The number of aromatic nitrogens is 1. The third-order valence-electron chi connectivity index (χ3n) is 4.14. The van der Waals surface area contributed by atoms with Gasteiger partial charge in [0.15, 0.2) is 0 Å². The molecule has 138 valence electrons. The lowest BCUT2D eigenvalue weighted by molar-refractivity contribution is -0.137. The van der Waals surface area contributed by atoms with E-state index in [1.807, 2.05) is 0 Å². The van der Waals surface area contributed by atoms with Crippen LogP contribution in [0.25, 0.3) is 0 Å². The molecule has 0 spiro atoms. The van der Waals surface area contributed by atoms with E-state index in [4.69, 9.17) is 4.74 Å². The lowest BCUT2D eigenvalue weighted by Gasteiger charge is -2.29. The molecule has 1 fully saturated rings. The summed E-state index contributed by atoms with van der Waals surface area (Å²) in [7, 11) is 0. The number of ether oxygens (including phenoxy) is 1. The van der Waals surface area contributed by atoms with Gasteiger partial charge in [-0.05, 0) is 43.2 Å². The van der Waals surface area contributed by atoms with Gasteiger partial charge in [-0.15, -0.1) is 0 Å². The van der Waals surface area contributed by atoms with Crippen molar-refractivity contribution in [1.29, 1.82) is 0 Å². The van der Waals surface area contributed by atoms with E-state index in [9.17, 15) is 23.1 Å². The zero-order valence-corrected chi connectivity index (χ0v) is 13.7. The highest BCUT2D eigenvalue weighted by Gasteiger charge is 2.30. The molecule has 1 aromatic heterocycles. The SMILES string of the molecule is O=C(c1ccc(Oc2ccc(C(F)(F)F)cn2)cc1)N1CCC(O)CC1. The minimum atomic E-state index is -4.45. The number of hydrogen-bond acceptors (Lipinski definition) is 4. The molecule has 0 saturated carbocycles. The molecule has 0 bridgehead atoms. The number of likely N-dealkylation sites (tertiary alicyclic amines) is 1. The van der Waals surface area contributed by atoms with Gasteiger partial charge in [-0.1, -0.05) is 0 Å². The summed E-state index contributed by atoms with van der Waals surface area (Å²) < 4.78 is 42.9. The van der Waals surface area contributed by atoms with Crippen LogP contribution < -0.4 is 4.74 Å². The largest absolute Gasteiger partial charge is 0.439 e. The van der Waals surface area contributed by atoms with Gasteiger partial charge in [-0.2, -0.15) is 13.2 Å². The summed E-state index contributed by atoms with van der Waals surface area (Å²) in [5.41, 5.74) is -0.369. The first-order valence-electron chi connectivity index (χ1n) is 8.11. The monoisotopic (exact) mass is 366 g/mol. The molecular formula is C18H17F3N2O3. The molecule has 0 atom stereocenters. The van der Waals surface area contributed by atoms with Crippen molar-refractivity contribution in [2.24, 2.45) is 0 Å². The zero-order valence-electron chi connectivity index (χ0n) is 13.7. The molecule has 1 aromatic carbocycles. The van der Waals surface area contributed by atoms with E-state index in [2.05, 4.69) is 4.98 Å². The molecular weight excluding hydrogens is 349 g/mol. The van der Waals surface area contributed by atoms with Gasteiger partial charge >= 0.3 is 6.18 Å². The lowest BCUT2D eigenvalue weighted by atomic mass is 10.1. The molecule has 0 unspecified atom stereocenters. The number of pyridine rings is 1. The van der Waals surface area contributed by atoms with Crippen molar-refractivity contribution < 1.29 is 27.8 Å². The summed E-state index contributed by atoms with van der Waals surface area (Å²) in [6.45, 7) is 1.02. The van der Waals surface area contributed by atoms with Crippen molar-refractivity contribution in [1.82, 2.24) is 9.88 Å².